The molecule has 0 N–H and O–H groups in total. The molecule has 2 saturated carbocycles. The van der Waals surface area contributed by atoms with Crippen LogP contribution in [0, 0.1) is 34.5 Å². The minimum Gasteiger partial charge on any atom is -0.0622 e. The predicted octanol–water partition coefficient (Wildman–Crippen LogP) is 7.72. The van der Waals surface area contributed by atoms with E-state index in [-0.39, 0.29) is 0 Å². The number of rotatable bonds is 4. The van der Waals surface area contributed by atoms with Crippen LogP contribution in [0.4, 0.5) is 0 Å². The molecule has 0 heteroatoms. The van der Waals surface area contributed by atoms with Crippen LogP contribution in [0.1, 0.15) is 107 Å². The Balaban J connectivity index is 0.000000220. The third kappa shape index (κ3) is 4.09. The highest BCUT2D eigenvalue weighted by Crippen LogP contribution is 2.50. The summed E-state index contributed by atoms with van der Waals surface area (Å²) in [5.41, 5.74) is 1.39. The minimum absolute atomic E-state index is 0.694. The standard InChI is InChI=1S/2C11H22/c2*1-9(2)11(10(3)4)7-5-6-8-11/h2*9-10H,5-8H2,1-4H3. The summed E-state index contributed by atoms with van der Waals surface area (Å²) in [5, 5.41) is 0. The van der Waals surface area contributed by atoms with E-state index in [2.05, 4.69) is 55.4 Å². The molecule has 0 aromatic carbocycles. The summed E-state index contributed by atoms with van der Waals surface area (Å²) in [7, 11) is 0. The van der Waals surface area contributed by atoms with E-state index in [1.165, 1.54) is 51.4 Å². The molecule has 0 atom stereocenters. The molecule has 2 aliphatic rings. The van der Waals surface area contributed by atoms with Gasteiger partial charge in [-0.25, -0.2) is 0 Å². The van der Waals surface area contributed by atoms with Crippen molar-refractivity contribution in [3.8, 4) is 0 Å². The van der Waals surface area contributed by atoms with Crippen LogP contribution in [0.15, 0.2) is 0 Å². The minimum atomic E-state index is 0.694. The molecule has 2 fully saturated rings. The lowest BCUT2D eigenvalue weighted by Gasteiger charge is -2.37. The average Bonchev–Trinajstić information content (AvgIpc) is 3.10. The van der Waals surface area contributed by atoms with Crippen LogP contribution in [0.2, 0.25) is 0 Å². The fourth-order valence-electron chi connectivity index (χ4n) is 5.71. The largest absolute Gasteiger partial charge is 0.0622 e. The van der Waals surface area contributed by atoms with E-state index in [4.69, 9.17) is 0 Å². The van der Waals surface area contributed by atoms with Crippen molar-refractivity contribution >= 4 is 0 Å². The maximum absolute atomic E-state index is 2.39. The Morgan fingerprint density at radius 2 is 0.591 bits per heavy atom. The molecular formula is C22H44. The first-order valence-electron chi connectivity index (χ1n) is 10.2. The monoisotopic (exact) mass is 308 g/mol. The van der Waals surface area contributed by atoms with Crippen molar-refractivity contribution in [1.29, 1.82) is 0 Å². The van der Waals surface area contributed by atoms with Gasteiger partial charge in [0.25, 0.3) is 0 Å². The molecule has 0 heterocycles. The van der Waals surface area contributed by atoms with Crippen LogP contribution in [-0.4, -0.2) is 0 Å². The summed E-state index contributed by atoms with van der Waals surface area (Å²) in [6.07, 6.45) is 11.8. The second kappa shape index (κ2) is 8.20. The van der Waals surface area contributed by atoms with Crippen LogP contribution >= 0.6 is 0 Å². The van der Waals surface area contributed by atoms with Gasteiger partial charge in [0, 0.05) is 0 Å². The highest BCUT2D eigenvalue weighted by Gasteiger charge is 2.39. The molecule has 0 amide bonds. The van der Waals surface area contributed by atoms with Crippen molar-refractivity contribution in [2.75, 3.05) is 0 Å². The highest BCUT2D eigenvalue weighted by atomic mass is 14.4. The van der Waals surface area contributed by atoms with Crippen molar-refractivity contribution in [3.63, 3.8) is 0 Å². The molecule has 2 rings (SSSR count). The summed E-state index contributed by atoms with van der Waals surface area (Å²) >= 11 is 0. The Kier molecular flexibility index (Phi) is 7.47. The molecule has 22 heavy (non-hydrogen) atoms. The van der Waals surface area contributed by atoms with Crippen molar-refractivity contribution in [3.05, 3.63) is 0 Å². The first-order chi connectivity index (χ1) is 10.2. The van der Waals surface area contributed by atoms with Gasteiger partial charge in [0.15, 0.2) is 0 Å². The van der Waals surface area contributed by atoms with E-state index in [0.29, 0.717) is 10.8 Å². The van der Waals surface area contributed by atoms with Crippen LogP contribution in [0.3, 0.4) is 0 Å². The second-order valence-corrected chi connectivity index (χ2v) is 9.50. The van der Waals surface area contributed by atoms with Crippen LogP contribution in [-0.2, 0) is 0 Å². The zero-order valence-electron chi connectivity index (χ0n) is 17.0. The third-order valence-electron chi connectivity index (χ3n) is 7.67. The normalized spacial score (nSPS) is 23.5. The van der Waals surface area contributed by atoms with Gasteiger partial charge in [0.2, 0.25) is 0 Å². The Labute approximate surface area is 141 Å². The van der Waals surface area contributed by atoms with Gasteiger partial charge in [0.1, 0.15) is 0 Å². The Morgan fingerprint density at radius 3 is 0.682 bits per heavy atom. The molecule has 0 unspecified atom stereocenters. The van der Waals surface area contributed by atoms with E-state index in [1.54, 1.807) is 0 Å². The Bertz CT molecular complexity index is 244. The maximum Gasteiger partial charge on any atom is -0.0251 e. The van der Waals surface area contributed by atoms with Gasteiger partial charge in [-0.3, -0.25) is 0 Å². The summed E-state index contributed by atoms with van der Waals surface area (Å²) in [5.74, 6) is 3.52. The summed E-state index contributed by atoms with van der Waals surface area (Å²) < 4.78 is 0. The quantitative estimate of drug-likeness (QED) is 0.498. The lowest BCUT2D eigenvalue weighted by atomic mass is 9.68. The highest BCUT2D eigenvalue weighted by molar-refractivity contribution is 4.90. The third-order valence-corrected chi connectivity index (χ3v) is 7.67. The Morgan fingerprint density at radius 1 is 0.409 bits per heavy atom. The molecule has 0 aromatic rings. The molecule has 0 nitrogen and oxygen atoms in total. The van der Waals surface area contributed by atoms with Crippen molar-refractivity contribution < 1.29 is 0 Å². The van der Waals surface area contributed by atoms with E-state index in [0.717, 1.165) is 23.7 Å². The summed E-state index contributed by atoms with van der Waals surface area (Å²) in [4.78, 5) is 0. The molecular weight excluding hydrogens is 264 g/mol. The first kappa shape index (κ1) is 20.0. The van der Waals surface area contributed by atoms with E-state index < -0.39 is 0 Å². The van der Waals surface area contributed by atoms with Gasteiger partial charge >= 0.3 is 0 Å². The summed E-state index contributed by atoms with van der Waals surface area (Å²) in [6, 6.07) is 0. The van der Waals surface area contributed by atoms with Gasteiger partial charge < -0.3 is 0 Å². The number of hydrogen-bond donors (Lipinski definition) is 0. The maximum atomic E-state index is 2.39. The fourth-order valence-corrected chi connectivity index (χ4v) is 5.71. The molecule has 2 aliphatic carbocycles. The zero-order chi connectivity index (χ0) is 17.0. The van der Waals surface area contributed by atoms with Crippen molar-refractivity contribution in [2.24, 2.45) is 34.5 Å². The summed E-state index contributed by atoms with van der Waals surface area (Å²) in [6.45, 7) is 19.2. The molecule has 132 valence electrons. The molecule has 0 spiro atoms. The van der Waals surface area contributed by atoms with Gasteiger partial charge in [-0.2, -0.15) is 0 Å². The van der Waals surface area contributed by atoms with Crippen LogP contribution < -0.4 is 0 Å². The zero-order valence-corrected chi connectivity index (χ0v) is 17.0. The first-order valence-corrected chi connectivity index (χ1v) is 10.2. The second-order valence-electron chi connectivity index (χ2n) is 9.50. The fraction of sp³-hybridized carbons (Fsp3) is 1.00. The van der Waals surface area contributed by atoms with Crippen LogP contribution in [0.5, 0.6) is 0 Å². The van der Waals surface area contributed by atoms with Gasteiger partial charge in [-0.05, 0) is 60.2 Å². The van der Waals surface area contributed by atoms with Gasteiger partial charge in [-0.15, -0.1) is 0 Å². The lowest BCUT2D eigenvalue weighted by molar-refractivity contribution is 0.121. The molecule has 0 saturated heterocycles. The molecule has 0 radical (unpaired) electrons. The average molecular weight is 309 g/mol. The molecule has 0 aromatic heterocycles. The van der Waals surface area contributed by atoms with E-state index >= 15 is 0 Å². The van der Waals surface area contributed by atoms with Crippen molar-refractivity contribution in [1.82, 2.24) is 0 Å². The predicted molar refractivity (Wildman–Crippen MR) is 101 cm³/mol. The smallest absolute Gasteiger partial charge is 0.0251 e. The van der Waals surface area contributed by atoms with E-state index in [9.17, 15) is 0 Å². The number of hydrogen-bond acceptors (Lipinski definition) is 0. The van der Waals surface area contributed by atoms with Gasteiger partial charge in [0.05, 0.1) is 0 Å². The molecule has 0 aliphatic heterocycles. The van der Waals surface area contributed by atoms with Crippen LogP contribution in [0.25, 0.3) is 0 Å². The molecule has 0 bridgehead atoms. The topological polar surface area (TPSA) is 0 Å². The van der Waals surface area contributed by atoms with E-state index in [1.807, 2.05) is 0 Å². The Hall–Kier alpha value is 0. The van der Waals surface area contributed by atoms with Crippen molar-refractivity contribution in [2.45, 2.75) is 107 Å². The SMILES string of the molecule is CC(C)C1(C(C)C)CCCC1.CC(C)C1(C(C)C)CCCC1. The lowest BCUT2D eigenvalue weighted by Crippen LogP contribution is -2.29. The van der Waals surface area contributed by atoms with Gasteiger partial charge in [-0.1, -0.05) is 81.1 Å².